The van der Waals surface area contributed by atoms with Gasteiger partial charge in [-0.05, 0) is 18.9 Å². The zero-order valence-electron chi connectivity index (χ0n) is 11.2. The van der Waals surface area contributed by atoms with Gasteiger partial charge in [0.05, 0.1) is 6.04 Å². The molecule has 2 unspecified atom stereocenters. The minimum atomic E-state index is -0.289. The molecule has 1 aliphatic heterocycles. The molecule has 1 aromatic carbocycles. The smallest absolute Gasteiger partial charge is 0.229 e. The van der Waals surface area contributed by atoms with Crippen LogP contribution in [-0.4, -0.2) is 22.7 Å². The highest BCUT2D eigenvalue weighted by Crippen LogP contribution is 2.40. The van der Waals surface area contributed by atoms with Gasteiger partial charge in [0.1, 0.15) is 0 Å². The molecule has 18 heavy (non-hydrogen) atoms. The number of rotatable bonds is 3. The number of hydrogen-bond donors (Lipinski definition) is 0. The van der Waals surface area contributed by atoms with Crippen molar-refractivity contribution in [2.45, 2.75) is 39.3 Å². The lowest BCUT2D eigenvalue weighted by atomic mass is 9.90. The normalized spacial score (nSPS) is 24.3. The molecule has 0 saturated carbocycles. The molecule has 0 N–H and O–H groups in total. The first kappa shape index (κ1) is 13.4. The van der Waals surface area contributed by atoms with Gasteiger partial charge in [0.2, 0.25) is 5.91 Å². The van der Waals surface area contributed by atoms with Crippen molar-refractivity contribution in [3.63, 3.8) is 0 Å². The molecule has 0 aromatic heterocycles. The van der Waals surface area contributed by atoms with Crippen molar-refractivity contribution < 1.29 is 4.79 Å². The molecule has 0 radical (unpaired) electrons. The first-order chi connectivity index (χ1) is 8.47. The molecule has 2 atom stereocenters. The maximum Gasteiger partial charge on any atom is 0.229 e. The number of carbonyl (C=O) groups is 1. The van der Waals surface area contributed by atoms with Crippen LogP contribution in [-0.2, 0) is 4.79 Å². The second-order valence-corrected chi connectivity index (χ2v) is 6.00. The predicted molar refractivity (Wildman–Crippen MR) is 74.6 cm³/mol. The van der Waals surface area contributed by atoms with Gasteiger partial charge in [-0.25, -0.2) is 0 Å². The second-order valence-electron chi connectivity index (χ2n) is 5.70. The molecule has 1 aliphatic rings. The van der Waals surface area contributed by atoms with E-state index in [9.17, 15) is 4.79 Å². The van der Waals surface area contributed by atoms with Crippen molar-refractivity contribution in [2.24, 2.45) is 5.41 Å². The first-order valence-corrected chi connectivity index (χ1v) is 6.94. The van der Waals surface area contributed by atoms with Crippen LogP contribution in [0.2, 0.25) is 0 Å². The van der Waals surface area contributed by atoms with Gasteiger partial charge in [-0.1, -0.05) is 44.2 Å². The first-order valence-electron chi connectivity index (χ1n) is 6.41. The summed E-state index contributed by atoms with van der Waals surface area (Å²) < 4.78 is 0. The molecule has 98 valence electrons. The van der Waals surface area contributed by atoms with Crippen molar-refractivity contribution in [1.29, 1.82) is 0 Å². The fourth-order valence-corrected chi connectivity index (χ4v) is 3.06. The summed E-state index contributed by atoms with van der Waals surface area (Å²) in [6, 6.07) is 10.4. The van der Waals surface area contributed by atoms with Gasteiger partial charge >= 0.3 is 0 Å². The average molecular weight is 266 g/mol. The predicted octanol–water partition coefficient (Wildman–Crippen LogP) is 3.61. The van der Waals surface area contributed by atoms with Crippen LogP contribution in [0.25, 0.3) is 0 Å². The monoisotopic (exact) mass is 265 g/mol. The Bertz CT molecular complexity index is 429. The highest BCUT2D eigenvalue weighted by molar-refractivity contribution is 6.18. The van der Waals surface area contributed by atoms with Gasteiger partial charge in [0.25, 0.3) is 0 Å². The number of hydrogen-bond acceptors (Lipinski definition) is 1. The van der Waals surface area contributed by atoms with E-state index in [1.54, 1.807) is 0 Å². The van der Waals surface area contributed by atoms with Gasteiger partial charge < -0.3 is 4.90 Å². The van der Waals surface area contributed by atoms with E-state index >= 15 is 0 Å². The Balaban J connectivity index is 2.29. The van der Waals surface area contributed by atoms with Crippen LogP contribution < -0.4 is 0 Å². The Kier molecular flexibility index (Phi) is 3.67. The van der Waals surface area contributed by atoms with Gasteiger partial charge in [-0.3, -0.25) is 4.79 Å². The number of benzene rings is 1. The SMILES string of the molecule is CC(c1ccccc1)N1C(=O)C(C)(C)CC1CCl. The third kappa shape index (κ3) is 2.26. The summed E-state index contributed by atoms with van der Waals surface area (Å²) in [6.07, 6.45) is 0.840. The fourth-order valence-electron chi connectivity index (χ4n) is 2.80. The summed E-state index contributed by atoms with van der Waals surface area (Å²) in [7, 11) is 0. The summed E-state index contributed by atoms with van der Waals surface area (Å²) in [5.41, 5.74) is 0.876. The van der Waals surface area contributed by atoms with Crippen LogP contribution in [0.3, 0.4) is 0 Å². The van der Waals surface area contributed by atoms with Gasteiger partial charge in [0.15, 0.2) is 0 Å². The van der Waals surface area contributed by atoms with E-state index in [4.69, 9.17) is 11.6 Å². The largest absolute Gasteiger partial charge is 0.331 e. The van der Waals surface area contributed by atoms with E-state index in [1.807, 2.05) is 36.9 Å². The van der Waals surface area contributed by atoms with Crippen LogP contribution in [0.1, 0.15) is 38.8 Å². The fraction of sp³-hybridized carbons (Fsp3) is 0.533. The molecule has 2 nitrogen and oxygen atoms in total. The highest BCUT2D eigenvalue weighted by atomic mass is 35.5. The molecular formula is C15H20ClNO. The van der Waals surface area contributed by atoms with Gasteiger partial charge in [-0.2, -0.15) is 0 Å². The average Bonchev–Trinajstić information content (AvgIpc) is 2.60. The minimum absolute atomic E-state index is 0.0872. The maximum atomic E-state index is 12.5. The van der Waals surface area contributed by atoms with E-state index in [-0.39, 0.29) is 23.4 Å². The van der Waals surface area contributed by atoms with Gasteiger partial charge in [0, 0.05) is 17.3 Å². The lowest BCUT2D eigenvalue weighted by Gasteiger charge is -2.30. The summed E-state index contributed by atoms with van der Waals surface area (Å²) in [5.74, 6) is 0.719. The zero-order chi connectivity index (χ0) is 13.3. The molecule has 1 fully saturated rings. The molecule has 0 bridgehead atoms. The van der Waals surface area contributed by atoms with E-state index in [2.05, 4.69) is 19.1 Å². The van der Waals surface area contributed by atoms with Crippen molar-refractivity contribution in [2.75, 3.05) is 5.88 Å². The second kappa shape index (κ2) is 4.93. The van der Waals surface area contributed by atoms with Crippen LogP contribution in [0, 0.1) is 5.41 Å². The zero-order valence-corrected chi connectivity index (χ0v) is 11.9. The summed E-state index contributed by atoms with van der Waals surface area (Å²) >= 11 is 6.03. The molecule has 1 heterocycles. The summed E-state index contributed by atoms with van der Waals surface area (Å²) in [5, 5.41) is 0. The number of likely N-dealkylation sites (tertiary alicyclic amines) is 1. The molecule has 1 amide bonds. The van der Waals surface area contributed by atoms with Gasteiger partial charge in [-0.15, -0.1) is 11.6 Å². The van der Waals surface area contributed by atoms with E-state index in [0.717, 1.165) is 6.42 Å². The van der Waals surface area contributed by atoms with Crippen LogP contribution in [0.5, 0.6) is 0 Å². The Morgan fingerprint density at radius 1 is 1.39 bits per heavy atom. The van der Waals surface area contributed by atoms with E-state index in [1.165, 1.54) is 5.56 Å². The maximum absolute atomic E-state index is 12.5. The van der Waals surface area contributed by atoms with Crippen LogP contribution in [0.4, 0.5) is 0 Å². The third-order valence-corrected chi connectivity index (χ3v) is 4.19. The van der Waals surface area contributed by atoms with Crippen molar-refractivity contribution in [1.82, 2.24) is 4.90 Å². The van der Waals surface area contributed by atoms with Crippen molar-refractivity contribution >= 4 is 17.5 Å². The molecule has 0 spiro atoms. The quantitative estimate of drug-likeness (QED) is 0.765. The highest BCUT2D eigenvalue weighted by Gasteiger charge is 2.46. The van der Waals surface area contributed by atoms with E-state index < -0.39 is 0 Å². The Morgan fingerprint density at radius 3 is 2.56 bits per heavy atom. The standard InChI is InChI=1S/C15H20ClNO/c1-11(12-7-5-4-6-8-12)17-13(10-16)9-15(2,3)14(17)18/h4-8,11,13H,9-10H2,1-3H3. The van der Waals surface area contributed by atoms with E-state index in [0.29, 0.717) is 5.88 Å². The summed E-state index contributed by atoms with van der Waals surface area (Å²) in [6.45, 7) is 6.09. The Hall–Kier alpha value is -1.02. The lowest BCUT2D eigenvalue weighted by molar-refractivity contribution is -0.137. The minimum Gasteiger partial charge on any atom is -0.331 e. The van der Waals surface area contributed by atoms with Crippen molar-refractivity contribution in [3.8, 4) is 0 Å². The number of nitrogens with zero attached hydrogens (tertiary/aromatic N) is 1. The number of amides is 1. The molecule has 0 aliphatic carbocycles. The summed E-state index contributed by atoms with van der Waals surface area (Å²) in [4.78, 5) is 14.4. The molecule has 1 aromatic rings. The molecule has 3 heteroatoms. The Labute approximate surface area is 114 Å². The Morgan fingerprint density at radius 2 is 2.00 bits per heavy atom. The van der Waals surface area contributed by atoms with Crippen molar-refractivity contribution in [3.05, 3.63) is 35.9 Å². The molecule has 2 rings (SSSR count). The molecule has 1 saturated heterocycles. The number of carbonyl (C=O) groups excluding carboxylic acids is 1. The number of alkyl halides is 1. The van der Waals surface area contributed by atoms with Crippen LogP contribution >= 0.6 is 11.6 Å². The van der Waals surface area contributed by atoms with Crippen LogP contribution in [0.15, 0.2) is 30.3 Å². The number of halogens is 1. The molecular weight excluding hydrogens is 246 g/mol. The lowest BCUT2D eigenvalue weighted by Crippen LogP contribution is -2.38. The third-order valence-electron chi connectivity index (χ3n) is 3.83. The topological polar surface area (TPSA) is 20.3 Å².